The lowest BCUT2D eigenvalue weighted by Gasteiger charge is -2.28. The van der Waals surface area contributed by atoms with E-state index in [1.807, 2.05) is 13.8 Å². The molecule has 0 unspecified atom stereocenters. The average molecular weight is 439 g/mol. The summed E-state index contributed by atoms with van der Waals surface area (Å²) in [5.74, 6) is -1.21. The highest BCUT2D eigenvalue weighted by Crippen LogP contribution is 2.25. The van der Waals surface area contributed by atoms with Crippen molar-refractivity contribution in [2.24, 2.45) is 0 Å². The summed E-state index contributed by atoms with van der Waals surface area (Å²) in [5.41, 5.74) is 2.69. The molecule has 2 aromatic carbocycles. The minimum atomic E-state index is -3.74. The number of halogens is 1. The zero-order valence-electron chi connectivity index (χ0n) is 16.8. The van der Waals surface area contributed by atoms with Crippen LogP contribution in [0.3, 0.4) is 0 Å². The van der Waals surface area contributed by atoms with Crippen LogP contribution in [0.4, 0.5) is 11.4 Å². The van der Waals surface area contributed by atoms with E-state index in [1.54, 1.807) is 18.2 Å². The quantitative estimate of drug-likeness (QED) is 0.696. The lowest BCUT2D eigenvalue weighted by atomic mass is 10.1. The minimum Gasteiger partial charge on any atom is -0.465 e. The molecule has 0 saturated heterocycles. The van der Waals surface area contributed by atoms with Gasteiger partial charge in [-0.3, -0.25) is 9.10 Å². The number of nitrogens with one attached hydrogen (secondary N) is 1. The molecule has 0 bridgehead atoms. The fourth-order valence-electron chi connectivity index (χ4n) is 2.79. The first-order valence-corrected chi connectivity index (χ1v) is 10.9. The van der Waals surface area contributed by atoms with Crippen molar-refractivity contribution in [3.05, 3.63) is 58.1 Å². The summed E-state index contributed by atoms with van der Waals surface area (Å²) in [6, 6.07) is 8.48. The van der Waals surface area contributed by atoms with E-state index in [-0.39, 0.29) is 10.6 Å². The number of hydrogen-bond acceptors (Lipinski definition) is 5. The van der Waals surface area contributed by atoms with Gasteiger partial charge in [0.2, 0.25) is 15.9 Å². The SMILES string of the molecule is COC(=O)c1cc(NC(=O)[C@H](C)N(c2ccc(C)c(C)c2)S(C)(=O)=O)ccc1Cl. The van der Waals surface area contributed by atoms with Crippen LogP contribution in [0.25, 0.3) is 0 Å². The van der Waals surface area contributed by atoms with Crippen LogP contribution in [0.1, 0.15) is 28.4 Å². The third-order valence-corrected chi connectivity index (χ3v) is 6.04. The van der Waals surface area contributed by atoms with Gasteiger partial charge in [-0.2, -0.15) is 0 Å². The van der Waals surface area contributed by atoms with E-state index in [9.17, 15) is 18.0 Å². The first kappa shape index (κ1) is 22.7. The topological polar surface area (TPSA) is 92.8 Å². The van der Waals surface area contributed by atoms with Gasteiger partial charge in [-0.1, -0.05) is 17.7 Å². The number of rotatable bonds is 6. The summed E-state index contributed by atoms with van der Waals surface area (Å²) in [5, 5.41) is 2.80. The maximum absolute atomic E-state index is 12.8. The maximum atomic E-state index is 12.8. The molecule has 0 saturated carbocycles. The average Bonchev–Trinajstić information content (AvgIpc) is 2.64. The molecule has 0 aliphatic carbocycles. The Balaban J connectivity index is 2.35. The van der Waals surface area contributed by atoms with Crippen molar-refractivity contribution in [1.82, 2.24) is 0 Å². The Bertz CT molecular complexity index is 1050. The van der Waals surface area contributed by atoms with Gasteiger partial charge in [0.25, 0.3) is 0 Å². The van der Waals surface area contributed by atoms with Gasteiger partial charge in [0.15, 0.2) is 0 Å². The number of ether oxygens (including phenoxy) is 1. The number of aryl methyl sites for hydroxylation is 2. The molecule has 0 aromatic heterocycles. The van der Waals surface area contributed by atoms with Crippen LogP contribution in [0.2, 0.25) is 5.02 Å². The van der Waals surface area contributed by atoms with Gasteiger partial charge >= 0.3 is 5.97 Å². The summed E-state index contributed by atoms with van der Waals surface area (Å²) in [6.07, 6.45) is 1.05. The summed E-state index contributed by atoms with van der Waals surface area (Å²) in [7, 11) is -2.52. The largest absolute Gasteiger partial charge is 0.465 e. The van der Waals surface area contributed by atoms with E-state index in [2.05, 4.69) is 10.1 Å². The summed E-state index contributed by atoms with van der Waals surface area (Å²) in [6.45, 7) is 5.27. The lowest BCUT2D eigenvalue weighted by Crippen LogP contribution is -2.45. The van der Waals surface area contributed by atoms with Crippen LogP contribution in [0.15, 0.2) is 36.4 Å². The Labute approximate surface area is 175 Å². The second kappa shape index (κ2) is 8.84. The first-order chi connectivity index (χ1) is 13.5. The highest BCUT2D eigenvalue weighted by Gasteiger charge is 2.29. The Hall–Kier alpha value is -2.58. The molecule has 0 aliphatic rings. The molecule has 9 heteroatoms. The number of amides is 1. The van der Waals surface area contributed by atoms with Gasteiger partial charge < -0.3 is 10.1 Å². The number of methoxy groups -OCH3 is 1. The van der Waals surface area contributed by atoms with Crippen molar-refractivity contribution in [2.45, 2.75) is 26.8 Å². The first-order valence-electron chi connectivity index (χ1n) is 8.71. The zero-order chi connectivity index (χ0) is 21.9. The molecule has 1 amide bonds. The molecular formula is C20H23ClN2O5S. The second-order valence-electron chi connectivity index (χ2n) is 6.68. The van der Waals surface area contributed by atoms with Crippen molar-refractivity contribution in [1.29, 1.82) is 0 Å². The fourth-order valence-corrected chi connectivity index (χ4v) is 4.15. The number of nitrogens with zero attached hydrogens (tertiary/aromatic N) is 1. The molecular weight excluding hydrogens is 416 g/mol. The normalized spacial score (nSPS) is 12.2. The third-order valence-electron chi connectivity index (χ3n) is 4.47. The summed E-state index contributed by atoms with van der Waals surface area (Å²) < 4.78 is 30.6. The minimum absolute atomic E-state index is 0.0914. The number of esters is 1. The number of hydrogen-bond donors (Lipinski definition) is 1. The molecule has 2 aromatic rings. The fraction of sp³-hybridized carbons (Fsp3) is 0.300. The number of benzene rings is 2. The van der Waals surface area contributed by atoms with Crippen LogP contribution >= 0.6 is 11.6 Å². The van der Waals surface area contributed by atoms with Crippen molar-refractivity contribution in [3.63, 3.8) is 0 Å². The van der Waals surface area contributed by atoms with Gasteiger partial charge in [-0.15, -0.1) is 0 Å². The predicted octanol–water partition coefficient (Wildman–Crippen LogP) is 3.54. The lowest BCUT2D eigenvalue weighted by molar-refractivity contribution is -0.116. The Morgan fingerprint density at radius 1 is 1.10 bits per heavy atom. The van der Waals surface area contributed by atoms with Crippen molar-refractivity contribution in [2.75, 3.05) is 23.0 Å². The molecule has 0 aliphatic heterocycles. The van der Waals surface area contributed by atoms with Crippen LogP contribution in [0, 0.1) is 13.8 Å². The van der Waals surface area contributed by atoms with Crippen molar-refractivity contribution in [3.8, 4) is 0 Å². The number of carbonyl (C=O) groups excluding carboxylic acids is 2. The molecule has 1 atom stereocenters. The summed E-state index contributed by atoms with van der Waals surface area (Å²) in [4.78, 5) is 24.6. The smallest absolute Gasteiger partial charge is 0.339 e. The van der Waals surface area contributed by atoms with E-state index in [0.29, 0.717) is 11.4 Å². The van der Waals surface area contributed by atoms with Crippen LogP contribution in [-0.2, 0) is 19.6 Å². The molecule has 29 heavy (non-hydrogen) atoms. The Kier molecular flexibility index (Phi) is 6.92. The van der Waals surface area contributed by atoms with Crippen LogP contribution in [-0.4, -0.2) is 39.7 Å². The van der Waals surface area contributed by atoms with E-state index < -0.39 is 27.9 Å². The molecule has 156 valence electrons. The van der Waals surface area contributed by atoms with Gasteiger partial charge in [0.1, 0.15) is 6.04 Å². The highest BCUT2D eigenvalue weighted by molar-refractivity contribution is 7.92. The van der Waals surface area contributed by atoms with Crippen molar-refractivity contribution < 1.29 is 22.7 Å². The van der Waals surface area contributed by atoms with E-state index in [1.165, 1.54) is 32.2 Å². The number of anilines is 2. The second-order valence-corrected chi connectivity index (χ2v) is 8.95. The maximum Gasteiger partial charge on any atom is 0.339 e. The molecule has 0 radical (unpaired) electrons. The standard InChI is InChI=1S/C20H23ClN2O5S/c1-12-6-8-16(10-13(12)2)23(29(5,26)27)14(3)19(24)22-15-7-9-18(21)17(11-15)20(25)28-4/h6-11,14H,1-5H3,(H,22,24)/t14-/m0/s1. The van der Waals surface area contributed by atoms with E-state index in [0.717, 1.165) is 21.7 Å². The molecule has 2 rings (SSSR count). The van der Waals surface area contributed by atoms with E-state index in [4.69, 9.17) is 11.6 Å². The van der Waals surface area contributed by atoms with E-state index >= 15 is 0 Å². The monoisotopic (exact) mass is 438 g/mol. The Morgan fingerprint density at radius 2 is 1.76 bits per heavy atom. The van der Waals surface area contributed by atoms with Gasteiger partial charge in [0.05, 0.1) is 29.6 Å². The molecule has 0 heterocycles. The van der Waals surface area contributed by atoms with Crippen LogP contribution in [0.5, 0.6) is 0 Å². The van der Waals surface area contributed by atoms with Crippen molar-refractivity contribution >= 4 is 44.9 Å². The van der Waals surface area contributed by atoms with Crippen LogP contribution < -0.4 is 9.62 Å². The highest BCUT2D eigenvalue weighted by atomic mass is 35.5. The molecule has 1 N–H and O–H groups in total. The van der Waals surface area contributed by atoms with Gasteiger partial charge in [0, 0.05) is 5.69 Å². The van der Waals surface area contributed by atoms with Gasteiger partial charge in [-0.05, 0) is 62.2 Å². The van der Waals surface area contributed by atoms with Gasteiger partial charge in [-0.25, -0.2) is 13.2 Å². The molecule has 0 spiro atoms. The molecule has 7 nitrogen and oxygen atoms in total. The third kappa shape index (κ3) is 5.27. The summed E-state index contributed by atoms with van der Waals surface area (Å²) >= 11 is 5.99. The molecule has 0 fully saturated rings. The number of carbonyl (C=O) groups is 2. The Morgan fingerprint density at radius 3 is 2.31 bits per heavy atom. The zero-order valence-corrected chi connectivity index (χ0v) is 18.4. The predicted molar refractivity (Wildman–Crippen MR) is 114 cm³/mol. The number of sulfonamides is 1.